The first-order valence-electron chi connectivity index (χ1n) is 16.4. The summed E-state index contributed by atoms with van der Waals surface area (Å²) in [4.78, 5) is 15.4. The van der Waals surface area contributed by atoms with Crippen molar-refractivity contribution in [1.82, 2.24) is 15.0 Å². The molecule has 9 aromatic rings. The Morgan fingerprint density at radius 1 is 0.286 bits per heavy atom. The summed E-state index contributed by atoms with van der Waals surface area (Å²) in [7, 11) is 0. The van der Waals surface area contributed by atoms with E-state index in [9.17, 15) is 0 Å². The lowest BCUT2D eigenvalue weighted by molar-refractivity contribution is 1.07. The van der Waals surface area contributed by atoms with Crippen molar-refractivity contribution in [2.45, 2.75) is 0 Å². The van der Waals surface area contributed by atoms with E-state index < -0.39 is 0 Å². The summed E-state index contributed by atoms with van der Waals surface area (Å²) < 4.78 is 2.60. The molecular weight excluding hydrogens is 615 g/mol. The molecule has 2 heterocycles. The zero-order valence-electron chi connectivity index (χ0n) is 26.5. The van der Waals surface area contributed by atoms with Crippen LogP contribution in [0.2, 0.25) is 0 Å². The molecule has 0 aliphatic carbocycles. The third kappa shape index (κ3) is 5.58. The summed E-state index contributed by atoms with van der Waals surface area (Å²) in [5.41, 5.74) is 9.65. The minimum absolute atomic E-state index is 0.638. The van der Waals surface area contributed by atoms with Crippen LogP contribution in [0.3, 0.4) is 0 Å². The molecule has 0 N–H and O–H groups in total. The fourth-order valence-electron chi connectivity index (χ4n) is 6.49. The molecule has 0 bridgehead atoms. The minimum atomic E-state index is 0.638. The van der Waals surface area contributed by atoms with Crippen LogP contribution in [0.1, 0.15) is 0 Å². The van der Waals surface area contributed by atoms with Crippen molar-refractivity contribution in [1.29, 1.82) is 0 Å². The van der Waals surface area contributed by atoms with Gasteiger partial charge in [0.25, 0.3) is 0 Å². The normalized spacial score (nSPS) is 11.3. The molecule has 7 aromatic carbocycles. The molecular formula is C45H29N3S. The van der Waals surface area contributed by atoms with Gasteiger partial charge in [0.05, 0.1) is 0 Å². The fraction of sp³-hybridized carbons (Fsp3) is 0. The predicted molar refractivity (Wildman–Crippen MR) is 205 cm³/mol. The SMILES string of the molecule is c1ccc(-c2ccc(-c3nc(-c4cccc(-c5ccc6sc7ccccc7c6c5)c4)nc(-c4ccccc4-c4ccccc4)n3)cc2)cc1. The van der Waals surface area contributed by atoms with Crippen LogP contribution in [0.15, 0.2) is 176 Å². The molecule has 0 fully saturated rings. The lowest BCUT2D eigenvalue weighted by Gasteiger charge is -2.13. The van der Waals surface area contributed by atoms with E-state index in [-0.39, 0.29) is 0 Å². The van der Waals surface area contributed by atoms with Crippen LogP contribution in [-0.2, 0) is 0 Å². The van der Waals surface area contributed by atoms with E-state index in [1.54, 1.807) is 0 Å². The Bertz CT molecular complexity index is 2590. The second-order valence-electron chi connectivity index (χ2n) is 12.1. The van der Waals surface area contributed by atoms with E-state index in [2.05, 4.69) is 158 Å². The average Bonchev–Trinajstić information content (AvgIpc) is 3.57. The number of aromatic nitrogens is 3. The van der Waals surface area contributed by atoms with E-state index in [0.29, 0.717) is 17.5 Å². The van der Waals surface area contributed by atoms with E-state index >= 15 is 0 Å². The third-order valence-electron chi connectivity index (χ3n) is 8.97. The summed E-state index contributed by atoms with van der Waals surface area (Å²) in [5.74, 6) is 1.92. The lowest BCUT2D eigenvalue weighted by Crippen LogP contribution is -2.01. The van der Waals surface area contributed by atoms with Gasteiger partial charge in [-0.1, -0.05) is 152 Å². The number of rotatable bonds is 6. The van der Waals surface area contributed by atoms with E-state index in [1.165, 1.54) is 31.3 Å². The maximum Gasteiger partial charge on any atom is 0.164 e. The van der Waals surface area contributed by atoms with Gasteiger partial charge in [-0.3, -0.25) is 0 Å². The van der Waals surface area contributed by atoms with Gasteiger partial charge >= 0.3 is 0 Å². The summed E-state index contributed by atoms with van der Waals surface area (Å²) in [6.45, 7) is 0. The van der Waals surface area contributed by atoms with Crippen molar-refractivity contribution in [2.24, 2.45) is 0 Å². The van der Waals surface area contributed by atoms with Crippen LogP contribution in [0.4, 0.5) is 0 Å². The molecule has 0 unspecified atom stereocenters. The predicted octanol–water partition coefficient (Wildman–Crippen LogP) is 12.2. The highest BCUT2D eigenvalue weighted by Gasteiger charge is 2.16. The Morgan fingerprint density at radius 3 is 1.59 bits per heavy atom. The summed E-state index contributed by atoms with van der Waals surface area (Å²) >= 11 is 1.84. The van der Waals surface area contributed by atoms with Crippen LogP contribution >= 0.6 is 11.3 Å². The fourth-order valence-corrected chi connectivity index (χ4v) is 7.57. The molecule has 4 heteroatoms. The van der Waals surface area contributed by atoms with E-state index in [1.807, 2.05) is 29.5 Å². The molecule has 0 radical (unpaired) electrons. The quantitative estimate of drug-likeness (QED) is 0.181. The van der Waals surface area contributed by atoms with Crippen molar-refractivity contribution in [3.8, 4) is 67.5 Å². The summed E-state index contributed by atoms with van der Waals surface area (Å²) in [6, 6.07) is 61.6. The first-order chi connectivity index (χ1) is 24.3. The van der Waals surface area contributed by atoms with Crippen molar-refractivity contribution in [3.05, 3.63) is 176 Å². The van der Waals surface area contributed by atoms with Crippen LogP contribution in [0, 0.1) is 0 Å². The number of nitrogens with zero attached hydrogens (tertiary/aromatic N) is 3. The zero-order chi connectivity index (χ0) is 32.6. The zero-order valence-corrected chi connectivity index (χ0v) is 27.3. The molecule has 9 rings (SSSR count). The lowest BCUT2D eigenvalue weighted by atomic mass is 9.99. The smallest absolute Gasteiger partial charge is 0.164 e. The van der Waals surface area contributed by atoms with Crippen LogP contribution in [-0.4, -0.2) is 15.0 Å². The molecule has 230 valence electrons. The van der Waals surface area contributed by atoms with Crippen molar-refractivity contribution < 1.29 is 0 Å². The molecule has 2 aromatic heterocycles. The van der Waals surface area contributed by atoms with Gasteiger partial charge in [-0.2, -0.15) is 0 Å². The van der Waals surface area contributed by atoms with Gasteiger partial charge in [0, 0.05) is 36.9 Å². The maximum absolute atomic E-state index is 5.15. The molecule has 0 amide bonds. The topological polar surface area (TPSA) is 38.7 Å². The van der Waals surface area contributed by atoms with Crippen molar-refractivity contribution in [2.75, 3.05) is 0 Å². The van der Waals surface area contributed by atoms with Crippen molar-refractivity contribution in [3.63, 3.8) is 0 Å². The van der Waals surface area contributed by atoms with Gasteiger partial charge in [-0.15, -0.1) is 11.3 Å². The molecule has 0 saturated carbocycles. The first kappa shape index (κ1) is 29.0. The highest BCUT2D eigenvalue weighted by Crippen LogP contribution is 2.37. The monoisotopic (exact) mass is 643 g/mol. The van der Waals surface area contributed by atoms with Crippen LogP contribution in [0.5, 0.6) is 0 Å². The second-order valence-corrected chi connectivity index (χ2v) is 13.1. The molecule has 0 aliphatic rings. The standard InChI is InChI=1S/C45H29N3S/c1-3-12-30(13-4-1)31-22-24-33(25-23-31)43-46-44(48-45(47-43)39-20-8-7-18-37(39)32-14-5-2-6-15-32)36-17-11-16-34(28-36)35-26-27-42-40(29-35)38-19-9-10-21-41(38)49-42/h1-29H. The minimum Gasteiger partial charge on any atom is -0.208 e. The average molecular weight is 644 g/mol. The van der Waals surface area contributed by atoms with Gasteiger partial charge in [0.15, 0.2) is 17.5 Å². The summed E-state index contributed by atoms with van der Waals surface area (Å²) in [5, 5.41) is 2.58. The largest absolute Gasteiger partial charge is 0.208 e. The number of hydrogen-bond acceptors (Lipinski definition) is 4. The summed E-state index contributed by atoms with van der Waals surface area (Å²) in [6.07, 6.45) is 0. The maximum atomic E-state index is 5.15. The molecule has 3 nitrogen and oxygen atoms in total. The Labute approximate surface area is 288 Å². The van der Waals surface area contributed by atoms with Gasteiger partial charge in [0.2, 0.25) is 0 Å². The Kier molecular flexibility index (Phi) is 7.34. The second kappa shape index (κ2) is 12.4. The highest BCUT2D eigenvalue weighted by molar-refractivity contribution is 7.25. The van der Waals surface area contributed by atoms with Gasteiger partial charge in [-0.05, 0) is 57.6 Å². The first-order valence-corrected chi connectivity index (χ1v) is 17.2. The highest BCUT2D eigenvalue weighted by atomic mass is 32.1. The van der Waals surface area contributed by atoms with Gasteiger partial charge in [-0.25, -0.2) is 15.0 Å². The number of hydrogen-bond donors (Lipinski definition) is 0. The van der Waals surface area contributed by atoms with Crippen LogP contribution in [0.25, 0.3) is 87.7 Å². The number of benzene rings is 7. The van der Waals surface area contributed by atoms with E-state index in [4.69, 9.17) is 15.0 Å². The van der Waals surface area contributed by atoms with Crippen molar-refractivity contribution >= 4 is 31.5 Å². The van der Waals surface area contributed by atoms with Gasteiger partial charge < -0.3 is 0 Å². The third-order valence-corrected chi connectivity index (χ3v) is 10.1. The molecule has 0 aliphatic heterocycles. The van der Waals surface area contributed by atoms with Crippen LogP contribution < -0.4 is 0 Å². The Balaban J connectivity index is 1.18. The number of thiophene rings is 1. The molecule has 0 spiro atoms. The molecule has 49 heavy (non-hydrogen) atoms. The van der Waals surface area contributed by atoms with Gasteiger partial charge in [0.1, 0.15) is 0 Å². The molecule has 0 saturated heterocycles. The number of fused-ring (bicyclic) bond motifs is 3. The molecule has 0 atom stereocenters. The Morgan fingerprint density at radius 2 is 0.796 bits per heavy atom. The van der Waals surface area contributed by atoms with E-state index in [0.717, 1.165) is 38.9 Å². The Hall–Kier alpha value is -6.23.